The van der Waals surface area contributed by atoms with Crippen molar-refractivity contribution in [3.8, 4) is 0 Å². The number of carbonyl (C=O) groups is 1. The molecule has 108 valence electrons. The van der Waals surface area contributed by atoms with Gasteiger partial charge >= 0.3 is 0 Å². The Morgan fingerprint density at radius 2 is 1.85 bits per heavy atom. The fourth-order valence-corrected chi connectivity index (χ4v) is 5.38. The van der Waals surface area contributed by atoms with Gasteiger partial charge in [-0.15, -0.1) is 10.2 Å². The van der Waals surface area contributed by atoms with Crippen molar-refractivity contribution >= 4 is 5.91 Å². The molecule has 4 fully saturated rings. The van der Waals surface area contributed by atoms with Gasteiger partial charge in [-0.25, -0.2) is 0 Å². The maximum atomic E-state index is 12.1. The number of nitrogens with zero attached hydrogens (tertiary/aromatic N) is 3. The van der Waals surface area contributed by atoms with Crippen molar-refractivity contribution in [3.05, 3.63) is 5.82 Å². The Morgan fingerprint density at radius 3 is 2.35 bits per heavy atom. The fraction of sp³-hybridized carbons (Fsp3) is 0.857. The largest absolute Gasteiger partial charge is 0.346 e. The number of hydrogen-bond donors (Lipinski definition) is 2. The molecule has 1 atom stereocenters. The first-order valence-corrected chi connectivity index (χ1v) is 7.69. The van der Waals surface area contributed by atoms with E-state index >= 15 is 0 Å². The van der Waals surface area contributed by atoms with E-state index in [2.05, 4.69) is 32.9 Å². The van der Waals surface area contributed by atoms with Gasteiger partial charge in [0.05, 0.1) is 0 Å². The lowest BCUT2D eigenvalue weighted by molar-refractivity contribution is -0.0688. The van der Waals surface area contributed by atoms with E-state index in [1.807, 2.05) is 0 Å². The Morgan fingerprint density at radius 1 is 1.25 bits per heavy atom. The van der Waals surface area contributed by atoms with Crippen molar-refractivity contribution in [1.82, 2.24) is 25.9 Å². The summed E-state index contributed by atoms with van der Waals surface area (Å²) in [7, 11) is 0. The van der Waals surface area contributed by atoms with Gasteiger partial charge in [0.1, 0.15) is 0 Å². The van der Waals surface area contributed by atoms with Crippen LogP contribution in [0.25, 0.3) is 0 Å². The lowest BCUT2D eigenvalue weighted by Gasteiger charge is -2.59. The van der Waals surface area contributed by atoms with Crippen LogP contribution < -0.4 is 5.32 Å². The molecule has 1 amide bonds. The summed E-state index contributed by atoms with van der Waals surface area (Å²) in [5.74, 6) is 2.62. The van der Waals surface area contributed by atoms with Crippen LogP contribution in [-0.4, -0.2) is 32.6 Å². The van der Waals surface area contributed by atoms with Crippen LogP contribution in [0, 0.1) is 23.2 Å². The molecule has 0 aliphatic heterocycles. The van der Waals surface area contributed by atoms with Crippen LogP contribution in [0.3, 0.4) is 0 Å². The molecule has 20 heavy (non-hydrogen) atoms. The number of H-pyrrole nitrogens is 1. The van der Waals surface area contributed by atoms with Crippen molar-refractivity contribution < 1.29 is 4.79 Å². The van der Waals surface area contributed by atoms with Gasteiger partial charge in [-0.1, -0.05) is 0 Å². The molecule has 4 saturated carbocycles. The summed E-state index contributed by atoms with van der Waals surface area (Å²) in [6.07, 6.45) is 8.12. The van der Waals surface area contributed by atoms with E-state index < -0.39 is 0 Å². The topological polar surface area (TPSA) is 83.6 Å². The minimum Gasteiger partial charge on any atom is -0.346 e. The van der Waals surface area contributed by atoms with Crippen LogP contribution in [-0.2, 0) is 0 Å². The average Bonchev–Trinajstić information content (AvgIpc) is 2.90. The number of aromatic amines is 1. The highest BCUT2D eigenvalue weighted by atomic mass is 16.2. The van der Waals surface area contributed by atoms with Crippen molar-refractivity contribution in [2.45, 2.75) is 51.5 Å². The molecule has 5 rings (SSSR count). The second-order valence-electron chi connectivity index (χ2n) is 7.21. The first-order chi connectivity index (χ1) is 9.64. The van der Waals surface area contributed by atoms with Gasteiger partial charge < -0.3 is 5.32 Å². The van der Waals surface area contributed by atoms with Crippen molar-refractivity contribution in [1.29, 1.82) is 0 Å². The molecule has 1 aromatic rings. The molecule has 0 spiro atoms. The molecule has 1 heterocycles. The zero-order valence-corrected chi connectivity index (χ0v) is 11.8. The second kappa shape index (κ2) is 4.27. The van der Waals surface area contributed by atoms with Crippen LogP contribution in [0.4, 0.5) is 0 Å². The predicted octanol–water partition coefficient (Wildman–Crippen LogP) is 1.53. The Hall–Kier alpha value is -1.46. The van der Waals surface area contributed by atoms with Gasteiger partial charge in [0, 0.05) is 6.04 Å². The van der Waals surface area contributed by atoms with E-state index in [4.69, 9.17) is 0 Å². The molecular weight excluding hydrogens is 254 g/mol. The molecule has 0 aromatic carbocycles. The van der Waals surface area contributed by atoms with Crippen LogP contribution in [0.5, 0.6) is 0 Å². The number of nitrogens with one attached hydrogen (secondary N) is 2. The molecule has 0 saturated heterocycles. The summed E-state index contributed by atoms with van der Waals surface area (Å²) in [5.41, 5.74) is 0.314. The minimum absolute atomic E-state index is 0.140. The van der Waals surface area contributed by atoms with E-state index in [1.54, 1.807) is 0 Å². The third-order valence-electron chi connectivity index (χ3n) is 5.90. The Kier molecular flexibility index (Phi) is 2.62. The molecular formula is C14H21N5O. The Bertz CT molecular complexity index is 476. The lowest BCUT2D eigenvalue weighted by Crippen LogP contribution is -2.55. The van der Waals surface area contributed by atoms with Gasteiger partial charge in [0.25, 0.3) is 11.7 Å². The van der Waals surface area contributed by atoms with Crippen LogP contribution >= 0.6 is 0 Å². The fourth-order valence-electron chi connectivity index (χ4n) is 5.38. The van der Waals surface area contributed by atoms with Gasteiger partial charge in [-0.05, 0) is 73.8 Å². The molecule has 2 N–H and O–H groups in total. The van der Waals surface area contributed by atoms with Crippen LogP contribution in [0.1, 0.15) is 56.1 Å². The number of rotatable bonds is 3. The number of aromatic nitrogens is 4. The lowest BCUT2D eigenvalue weighted by atomic mass is 9.48. The van der Waals surface area contributed by atoms with Crippen LogP contribution in [0.2, 0.25) is 0 Å². The monoisotopic (exact) mass is 275 g/mol. The number of carbonyl (C=O) groups excluding carboxylic acids is 1. The SMILES string of the molecule is CC(NC(=O)c1nn[nH]n1)C12CC3CC(CC(C3)C1)C2. The number of hydrogen-bond acceptors (Lipinski definition) is 4. The van der Waals surface area contributed by atoms with E-state index in [0.717, 1.165) is 17.8 Å². The first-order valence-electron chi connectivity index (χ1n) is 7.69. The van der Waals surface area contributed by atoms with Gasteiger partial charge in [0.2, 0.25) is 0 Å². The zero-order chi connectivity index (χ0) is 13.7. The molecule has 4 bridgehead atoms. The molecule has 4 aliphatic rings. The summed E-state index contributed by atoms with van der Waals surface area (Å²) >= 11 is 0. The van der Waals surface area contributed by atoms with E-state index in [9.17, 15) is 4.79 Å². The molecule has 6 nitrogen and oxygen atoms in total. The summed E-state index contributed by atoms with van der Waals surface area (Å²) in [4.78, 5) is 12.1. The molecule has 4 aliphatic carbocycles. The average molecular weight is 275 g/mol. The predicted molar refractivity (Wildman–Crippen MR) is 71.7 cm³/mol. The number of amides is 1. The van der Waals surface area contributed by atoms with Crippen molar-refractivity contribution in [3.63, 3.8) is 0 Å². The Balaban J connectivity index is 1.51. The quantitative estimate of drug-likeness (QED) is 0.876. The highest BCUT2D eigenvalue weighted by Crippen LogP contribution is 2.61. The highest BCUT2D eigenvalue weighted by molar-refractivity contribution is 5.90. The van der Waals surface area contributed by atoms with Crippen molar-refractivity contribution in [2.24, 2.45) is 23.2 Å². The molecule has 0 radical (unpaired) electrons. The zero-order valence-electron chi connectivity index (χ0n) is 11.8. The van der Waals surface area contributed by atoms with E-state index in [0.29, 0.717) is 5.41 Å². The third-order valence-corrected chi connectivity index (χ3v) is 5.90. The molecule has 6 heteroatoms. The van der Waals surface area contributed by atoms with E-state index in [1.165, 1.54) is 38.5 Å². The third kappa shape index (κ3) is 1.84. The summed E-state index contributed by atoms with van der Waals surface area (Å²) in [5, 5.41) is 16.4. The van der Waals surface area contributed by atoms with Gasteiger partial charge in [-0.2, -0.15) is 5.21 Å². The van der Waals surface area contributed by atoms with Gasteiger partial charge in [-0.3, -0.25) is 4.79 Å². The molecule has 1 aromatic heterocycles. The smallest absolute Gasteiger partial charge is 0.293 e. The Labute approximate surface area is 118 Å². The number of tetrazole rings is 1. The first kappa shape index (κ1) is 12.3. The maximum Gasteiger partial charge on any atom is 0.293 e. The molecule has 1 unspecified atom stereocenters. The standard InChI is InChI=1S/C14H21N5O/c1-8(15-13(20)12-16-18-19-17-12)14-5-9-2-10(6-14)4-11(3-9)7-14/h8-11H,2-7H2,1H3,(H,15,20)(H,16,17,18,19). The van der Waals surface area contributed by atoms with Crippen LogP contribution in [0.15, 0.2) is 0 Å². The normalized spacial score (nSPS) is 39.8. The summed E-state index contributed by atoms with van der Waals surface area (Å²) in [6, 6.07) is 0.196. The maximum absolute atomic E-state index is 12.1. The van der Waals surface area contributed by atoms with Crippen molar-refractivity contribution in [2.75, 3.05) is 0 Å². The highest BCUT2D eigenvalue weighted by Gasteiger charge is 2.53. The van der Waals surface area contributed by atoms with E-state index in [-0.39, 0.29) is 17.8 Å². The minimum atomic E-state index is -0.206. The van der Waals surface area contributed by atoms with Gasteiger partial charge in [0.15, 0.2) is 0 Å². The summed E-state index contributed by atoms with van der Waals surface area (Å²) in [6.45, 7) is 2.16. The summed E-state index contributed by atoms with van der Waals surface area (Å²) < 4.78 is 0. The second-order valence-corrected chi connectivity index (χ2v) is 7.21.